The Balaban J connectivity index is 1.52. The van der Waals surface area contributed by atoms with Crippen molar-refractivity contribution in [2.24, 2.45) is 23.7 Å². The fraction of sp³-hybridized carbons (Fsp3) is 0.833. The summed E-state index contributed by atoms with van der Waals surface area (Å²) in [6, 6.07) is 0. The highest BCUT2D eigenvalue weighted by molar-refractivity contribution is 4.92. The van der Waals surface area contributed by atoms with Gasteiger partial charge in [-0.25, -0.2) is 0 Å². The SMILES string of the molecule is CC=C[C@H]1CC[C@H](CC=CC[C@H]2CC[C@H](CCCCC)CC2)CC1. The maximum absolute atomic E-state index is 2.53. The van der Waals surface area contributed by atoms with Gasteiger partial charge in [-0.05, 0) is 82.0 Å². The van der Waals surface area contributed by atoms with Gasteiger partial charge in [-0.15, -0.1) is 0 Å². The molecular formula is C24H42. The molecule has 2 saturated carbocycles. The fourth-order valence-corrected chi connectivity index (χ4v) is 4.90. The lowest BCUT2D eigenvalue weighted by atomic mass is 9.78. The van der Waals surface area contributed by atoms with Gasteiger partial charge in [0.2, 0.25) is 0 Å². The Hall–Kier alpha value is -0.520. The van der Waals surface area contributed by atoms with Gasteiger partial charge in [0, 0.05) is 0 Å². The molecule has 0 unspecified atom stereocenters. The number of hydrogen-bond acceptors (Lipinski definition) is 0. The molecule has 2 rings (SSSR count). The summed E-state index contributed by atoms with van der Waals surface area (Å²) in [5.74, 6) is 3.90. The number of allylic oxidation sites excluding steroid dienone is 4. The Morgan fingerprint density at radius 3 is 1.79 bits per heavy atom. The third kappa shape index (κ3) is 7.58. The van der Waals surface area contributed by atoms with Gasteiger partial charge in [0.05, 0.1) is 0 Å². The van der Waals surface area contributed by atoms with E-state index in [-0.39, 0.29) is 0 Å². The van der Waals surface area contributed by atoms with Crippen LogP contribution in [0.3, 0.4) is 0 Å². The number of unbranched alkanes of at least 4 members (excludes halogenated alkanes) is 2. The van der Waals surface area contributed by atoms with Gasteiger partial charge in [-0.2, -0.15) is 0 Å². The van der Waals surface area contributed by atoms with Crippen LogP contribution < -0.4 is 0 Å². The van der Waals surface area contributed by atoms with Crippen molar-refractivity contribution in [1.29, 1.82) is 0 Å². The first-order chi connectivity index (χ1) is 11.8. The topological polar surface area (TPSA) is 0 Å². The average Bonchev–Trinajstić information content (AvgIpc) is 2.62. The van der Waals surface area contributed by atoms with Crippen molar-refractivity contribution in [1.82, 2.24) is 0 Å². The molecule has 0 aromatic heterocycles. The van der Waals surface area contributed by atoms with Crippen molar-refractivity contribution in [3.8, 4) is 0 Å². The van der Waals surface area contributed by atoms with E-state index in [1.54, 1.807) is 0 Å². The Morgan fingerprint density at radius 2 is 1.25 bits per heavy atom. The predicted molar refractivity (Wildman–Crippen MR) is 108 cm³/mol. The summed E-state index contributed by atoms with van der Waals surface area (Å²) < 4.78 is 0. The number of hydrogen-bond donors (Lipinski definition) is 0. The van der Waals surface area contributed by atoms with Crippen LogP contribution >= 0.6 is 0 Å². The molecule has 0 radical (unpaired) electrons. The zero-order chi connectivity index (χ0) is 17.0. The molecule has 0 aliphatic heterocycles. The second-order valence-corrected chi connectivity index (χ2v) is 8.63. The second kappa shape index (κ2) is 11.9. The van der Waals surface area contributed by atoms with Crippen molar-refractivity contribution in [2.45, 2.75) is 104 Å². The molecule has 0 saturated heterocycles. The van der Waals surface area contributed by atoms with E-state index in [1.807, 2.05) is 0 Å². The van der Waals surface area contributed by atoms with Gasteiger partial charge in [0.25, 0.3) is 0 Å². The summed E-state index contributed by atoms with van der Waals surface area (Å²) in [6.45, 7) is 4.48. The molecule has 138 valence electrons. The normalized spacial score (nSPS) is 31.9. The van der Waals surface area contributed by atoms with Gasteiger partial charge < -0.3 is 0 Å². The molecule has 0 aromatic rings. The molecule has 0 atom stereocenters. The zero-order valence-electron chi connectivity index (χ0n) is 16.5. The number of rotatable bonds is 9. The van der Waals surface area contributed by atoms with E-state index in [2.05, 4.69) is 38.2 Å². The van der Waals surface area contributed by atoms with Crippen LogP contribution in [0.15, 0.2) is 24.3 Å². The molecule has 24 heavy (non-hydrogen) atoms. The summed E-state index contributed by atoms with van der Waals surface area (Å²) in [5, 5.41) is 0. The summed E-state index contributed by atoms with van der Waals surface area (Å²) >= 11 is 0. The first kappa shape index (κ1) is 19.8. The van der Waals surface area contributed by atoms with Gasteiger partial charge in [0.15, 0.2) is 0 Å². The summed E-state index contributed by atoms with van der Waals surface area (Å²) in [5.41, 5.74) is 0. The largest absolute Gasteiger partial charge is 0.0914 e. The van der Waals surface area contributed by atoms with E-state index in [9.17, 15) is 0 Å². The van der Waals surface area contributed by atoms with Gasteiger partial charge in [-0.1, -0.05) is 69.8 Å². The molecule has 0 spiro atoms. The smallest absolute Gasteiger partial charge is 0.0233 e. The van der Waals surface area contributed by atoms with Crippen LogP contribution in [0.2, 0.25) is 0 Å². The van der Waals surface area contributed by atoms with Crippen LogP contribution in [0.4, 0.5) is 0 Å². The molecule has 0 aromatic carbocycles. The van der Waals surface area contributed by atoms with Crippen molar-refractivity contribution in [3.63, 3.8) is 0 Å². The molecule has 0 nitrogen and oxygen atoms in total. The lowest BCUT2D eigenvalue weighted by Crippen LogP contribution is -2.14. The van der Waals surface area contributed by atoms with Crippen LogP contribution in [0, 0.1) is 23.7 Å². The molecule has 2 fully saturated rings. The highest BCUT2D eigenvalue weighted by Crippen LogP contribution is 2.34. The van der Waals surface area contributed by atoms with Crippen molar-refractivity contribution in [2.75, 3.05) is 0 Å². The van der Waals surface area contributed by atoms with Crippen molar-refractivity contribution < 1.29 is 0 Å². The minimum atomic E-state index is 0.878. The Kier molecular flexibility index (Phi) is 9.85. The Labute approximate surface area is 152 Å². The Bertz CT molecular complexity index is 348. The van der Waals surface area contributed by atoms with E-state index in [0.29, 0.717) is 0 Å². The molecule has 2 aliphatic carbocycles. The molecule has 0 bridgehead atoms. The van der Waals surface area contributed by atoms with E-state index in [4.69, 9.17) is 0 Å². The van der Waals surface area contributed by atoms with E-state index < -0.39 is 0 Å². The zero-order valence-corrected chi connectivity index (χ0v) is 16.5. The maximum Gasteiger partial charge on any atom is -0.0233 e. The highest BCUT2D eigenvalue weighted by Gasteiger charge is 2.20. The fourth-order valence-electron chi connectivity index (χ4n) is 4.90. The van der Waals surface area contributed by atoms with Crippen molar-refractivity contribution in [3.05, 3.63) is 24.3 Å². The standard InChI is InChI=1S/C24H42/c1-3-5-6-10-22-17-19-24(20-18-22)12-8-7-11-23-15-13-21(9-4-2)14-16-23/h4,7-9,21-24H,3,5-6,10-20H2,1-2H3/t21-,22-,23-,24-. The third-order valence-electron chi connectivity index (χ3n) is 6.64. The lowest BCUT2D eigenvalue weighted by molar-refractivity contribution is 0.259. The van der Waals surface area contributed by atoms with Crippen LogP contribution in [-0.2, 0) is 0 Å². The second-order valence-electron chi connectivity index (χ2n) is 8.63. The van der Waals surface area contributed by atoms with Crippen molar-refractivity contribution >= 4 is 0 Å². The van der Waals surface area contributed by atoms with Crippen LogP contribution in [0.25, 0.3) is 0 Å². The molecule has 0 amide bonds. The summed E-state index contributed by atoms with van der Waals surface area (Å²) in [7, 11) is 0. The maximum atomic E-state index is 2.53. The summed E-state index contributed by atoms with van der Waals surface area (Å²) in [4.78, 5) is 0. The Morgan fingerprint density at radius 1 is 0.708 bits per heavy atom. The van der Waals surface area contributed by atoms with Gasteiger partial charge in [-0.3, -0.25) is 0 Å². The van der Waals surface area contributed by atoms with E-state index in [0.717, 1.165) is 23.7 Å². The molecule has 0 heterocycles. The van der Waals surface area contributed by atoms with E-state index >= 15 is 0 Å². The van der Waals surface area contributed by atoms with Crippen LogP contribution in [0.1, 0.15) is 104 Å². The lowest BCUT2D eigenvalue weighted by Gasteiger charge is -2.28. The average molecular weight is 331 g/mol. The molecular weight excluding hydrogens is 288 g/mol. The molecule has 0 heteroatoms. The third-order valence-corrected chi connectivity index (χ3v) is 6.64. The van der Waals surface area contributed by atoms with E-state index in [1.165, 1.54) is 89.9 Å². The summed E-state index contributed by atoms with van der Waals surface area (Å²) in [6.07, 6.45) is 30.0. The predicted octanol–water partition coefficient (Wildman–Crippen LogP) is 8.09. The minimum Gasteiger partial charge on any atom is -0.0914 e. The highest BCUT2D eigenvalue weighted by atomic mass is 14.3. The monoisotopic (exact) mass is 330 g/mol. The van der Waals surface area contributed by atoms with Crippen LogP contribution in [-0.4, -0.2) is 0 Å². The first-order valence-corrected chi connectivity index (χ1v) is 11.1. The molecule has 2 aliphatic rings. The van der Waals surface area contributed by atoms with Gasteiger partial charge >= 0.3 is 0 Å². The minimum absolute atomic E-state index is 0.878. The van der Waals surface area contributed by atoms with Crippen LogP contribution in [0.5, 0.6) is 0 Å². The van der Waals surface area contributed by atoms with Gasteiger partial charge in [0.1, 0.15) is 0 Å². The molecule has 0 N–H and O–H groups in total. The first-order valence-electron chi connectivity index (χ1n) is 11.1. The quantitative estimate of drug-likeness (QED) is 0.296.